The fourth-order valence-corrected chi connectivity index (χ4v) is 16.5. The van der Waals surface area contributed by atoms with E-state index in [-0.39, 0.29) is 56.3 Å². The molecule has 33 nitrogen and oxygen atoms in total. The molecule has 6 N–H and O–H groups in total. The fraction of sp³-hybridized carbons (Fsp3) is 0.364. The molecule has 0 aromatic heterocycles. The second kappa shape index (κ2) is 46.5. The average molecular weight is 1840 g/mol. The highest BCUT2D eigenvalue weighted by atomic mass is 28.4. The van der Waals surface area contributed by atoms with Gasteiger partial charge in [0.1, 0.15) is 113 Å². The van der Waals surface area contributed by atoms with Crippen LogP contribution in [0.5, 0.6) is 0 Å². The number of carbonyl (C=O) groups excluding carboxylic acids is 9. The molecule has 4 saturated heterocycles. The molecule has 700 valence electrons. The van der Waals surface area contributed by atoms with E-state index in [9.17, 15) is 38.7 Å². The van der Waals surface area contributed by atoms with Crippen LogP contribution in [0.1, 0.15) is 97.9 Å². The van der Waals surface area contributed by atoms with Gasteiger partial charge in [-0.3, -0.25) is 0 Å². The van der Waals surface area contributed by atoms with E-state index in [1.165, 1.54) is 36.4 Å². The number of carbonyl (C=O) groups is 9. The van der Waals surface area contributed by atoms with Gasteiger partial charge in [0.15, 0.2) is 51.8 Å². The van der Waals surface area contributed by atoms with Gasteiger partial charge in [0.2, 0.25) is 0 Å². The first kappa shape index (κ1) is 96.2. The lowest BCUT2D eigenvalue weighted by atomic mass is 9.83. The van der Waals surface area contributed by atoms with Crippen molar-refractivity contribution in [2.45, 2.75) is 201 Å². The number of hydrogen-bond donors (Lipinski definition) is 6. The standard InChI is InChI=1S/C99H107N5O28Si/c1-99(2,3)133(4,5)122-61-75-82(131-91-76(103-97(113)120-58-65-39-21-9-22-40-65)83(127-88(108)68-45-27-12-28-46-68)80(126-87(107)67-43-25-11-26-44-67)73(123-91)54-100-94(110)117-55-62-33-15-6-16-34-62)86(115-52-51-105)93(125-75)132-85-78(106)71(101-95(111)118-56-63-35-17-7-18-36-63)53-72(102-96(112)119-57-64-37-19-8-20-38-64)79(85)129-92-77(104-98(114)121-59-66-41-23-10-24-42-66)84(128-89(109)69-47-29-13-30-48-69)81-74(124-92)60-116-90(130-81)70-49-31-14-32-50-70/h6-51,71-86,90-93,106H,52-61H2,1-5H3,(H,100,110)(H,101,111)(H,102,112)(H,103,113)(H,104,114). The summed E-state index contributed by atoms with van der Waals surface area (Å²) in [6.07, 6.45) is -33.1. The summed E-state index contributed by atoms with van der Waals surface area (Å²) in [6.45, 7) is 6.42. The van der Waals surface area contributed by atoms with Gasteiger partial charge in [-0.15, -0.1) is 0 Å². The zero-order valence-corrected chi connectivity index (χ0v) is 74.6. The smallest absolute Gasteiger partial charge is 0.407 e. The molecule has 0 spiro atoms. The number of hydrogen-bond acceptors (Lipinski definition) is 28. The summed E-state index contributed by atoms with van der Waals surface area (Å²) in [4.78, 5) is 132. The average Bonchev–Trinajstić information content (AvgIpc) is 1.71. The van der Waals surface area contributed by atoms with Crippen molar-refractivity contribution in [2.75, 3.05) is 26.4 Å². The number of aliphatic hydroxyl groups excluding tert-OH is 1. The molecule has 20 atom stereocenters. The fourth-order valence-electron chi connectivity index (χ4n) is 15.5. The SMILES string of the molecule is CC(C)(C)[Si](C)(C)OCC1OC(OC2C(O)C(NC(=O)OCc3ccccc3)CC(NC(=O)OCc3ccccc3)C2OC2OC3COC(c4ccccc4)OC3C(OC(=O)c3ccccc3)C2NC(=O)OCc2ccccc2)C(OCC=O)C1OC1OC(CNC(=O)OCc2ccccc2)C(OC(=O)c2ccccc2)C(OC(=O)c2ccccc2)C1NC(=O)OCc1ccccc1. The van der Waals surface area contributed by atoms with E-state index in [0.29, 0.717) is 39.7 Å². The minimum absolute atomic E-state index is 0.0126. The van der Waals surface area contributed by atoms with Gasteiger partial charge in [-0.2, -0.15) is 0 Å². The largest absolute Gasteiger partial charge is 0.453 e. The summed E-state index contributed by atoms with van der Waals surface area (Å²) in [6, 6.07) is 69.3. The lowest BCUT2D eigenvalue weighted by molar-refractivity contribution is -0.358. The molecule has 4 aliphatic heterocycles. The number of aldehydes is 1. The molecule has 1 aliphatic carbocycles. The van der Waals surface area contributed by atoms with Crippen molar-refractivity contribution in [3.8, 4) is 0 Å². The van der Waals surface area contributed by atoms with E-state index in [0.717, 1.165) is 0 Å². The van der Waals surface area contributed by atoms with Gasteiger partial charge in [-0.25, -0.2) is 38.4 Å². The van der Waals surface area contributed by atoms with Gasteiger partial charge in [-0.05, 0) is 88.8 Å². The molecule has 14 rings (SSSR count). The van der Waals surface area contributed by atoms with Crippen molar-refractivity contribution in [3.05, 3.63) is 323 Å². The molecular formula is C99H107N5O28Si. The second-order valence-corrected chi connectivity index (χ2v) is 38.4. The van der Waals surface area contributed by atoms with Gasteiger partial charge >= 0.3 is 48.4 Å². The first-order valence-corrected chi connectivity index (χ1v) is 46.6. The molecule has 0 bridgehead atoms. The van der Waals surface area contributed by atoms with E-state index in [1.807, 2.05) is 33.9 Å². The maximum atomic E-state index is 15.1. The number of amides is 5. The Morgan fingerprint density at radius 1 is 0.406 bits per heavy atom. The summed E-state index contributed by atoms with van der Waals surface area (Å²) < 4.78 is 119. The Balaban J connectivity index is 0.900. The van der Waals surface area contributed by atoms with Crippen LogP contribution in [0.3, 0.4) is 0 Å². The third kappa shape index (κ3) is 26.4. The number of esters is 3. The predicted octanol–water partition coefficient (Wildman–Crippen LogP) is 12.6. The molecule has 0 radical (unpaired) electrons. The van der Waals surface area contributed by atoms with E-state index >= 15 is 9.59 Å². The quantitative estimate of drug-likeness (QED) is 0.00930. The lowest BCUT2D eigenvalue weighted by Gasteiger charge is -2.51. The monoisotopic (exact) mass is 1840 g/mol. The topological polar surface area (TPSA) is 400 Å². The molecule has 5 aliphatic rings. The number of alkyl carbamates (subject to hydrolysis) is 5. The van der Waals surface area contributed by atoms with Crippen LogP contribution in [0.15, 0.2) is 273 Å². The van der Waals surface area contributed by atoms with Crippen molar-refractivity contribution in [2.24, 2.45) is 0 Å². The van der Waals surface area contributed by atoms with Gasteiger partial charge in [0.05, 0.1) is 48.5 Å². The number of nitrogens with one attached hydrogen (secondary N) is 5. The van der Waals surface area contributed by atoms with Gasteiger partial charge in [-0.1, -0.05) is 257 Å². The molecule has 9 aromatic carbocycles. The van der Waals surface area contributed by atoms with Crippen LogP contribution in [-0.4, -0.2) is 211 Å². The number of rotatable bonds is 35. The Morgan fingerprint density at radius 3 is 1.23 bits per heavy atom. The van der Waals surface area contributed by atoms with Crippen molar-refractivity contribution < 1.29 is 133 Å². The van der Waals surface area contributed by atoms with Gasteiger partial charge in [0, 0.05) is 5.56 Å². The maximum Gasteiger partial charge on any atom is 0.407 e. The molecular weight excluding hydrogens is 1740 g/mol. The Morgan fingerprint density at radius 2 is 0.782 bits per heavy atom. The third-order valence-electron chi connectivity index (χ3n) is 23.4. The van der Waals surface area contributed by atoms with E-state index in [1.54, 1.807) is 237 Å². The Kier molecular flexibility index (Phi) is 33.7. The highest BCUT2D eigenvalue weighted by molar-refractivity contribution is 6.74. The minimum atomic E-state index is -2.98. The van der Waals surface area contributed by atoms with Gasteiger partial charge in [0.25, 0.3) is 0 Å². The third-order valence-corrected chi connectivity index (χ3v) is 27.9. The second-order valence-electron chi connectivity index (χ2n) is 33.6. The highest BCUT2D eigenvalue weighted by Gasteiger charge is 2.61. The maximum absolute atomic E-state index is 15.1. The van der Waals surface area contributed by atoms with Crippen LogP contribution < -0.4 is 26.6 Å². The predicted molar refractivity (Wildman–Crippen MR) is 476 cm³/mol. The van der Waals surface area contributed by atoms with E-state index in [2.05, 4.69) is 26.6 Å². The molecule has 9 aromatic rings. The molecule has 133 heavy (non-hydrogen) atoms. The summed E-state index contributed by atoms with van der Waals surface area (Å²) in [5.74, 6) is -2.89. The molecule has 5 fully saturated rings. The van der Waals surface area contributed by atoms with E-state index < -0.39 is 210 Å². The lowest BCUT2D eigenvalue weighted by Crippen LogP contribution is -2.71. The van der Waals surface area contributed by atoms with Crippen LogP contribution in [0, 0.1) is 0 Å². The number of fused-ring (bicyclic) bond motifs is 1. The van der Waals surface area contributed by atoms with Crippen molar-refractivity contribution in [3.63, 3.8) is 0 Å². The van der Waals surface area contributed by atoms with Crippen LogP contribution in [0.2, 0.25) is 18.1 Å². The summed E-state index contributed by atoms with van der Waals surface area (Å²) in [5.41, 5.74) is 3.56. The Labute approximate surface area is 769 Å². The van der Waals surface area contributed by atoms with Crippen LogP contribution >= 0.6 is 0 Å². The van der Waals surface area contributed by atoms with Crippen molar-refractivity contribution >= 4 is 63.0 Å². The van der Waals surface area contributed by atoms with Crippen molar-refractivity contribution in [1.82, 2.24) is 26.6 Å². The number of benzene rings is 9. The zero-order valence-electron chi connectivity index (χ0n) is 73.6. The normalized spacial score (nSPS) is 25.5. The number of aliphatic hydroxyl groups is 1. The summed E-state index contributed by atoms with van der Waals surface area (Å²) in [7, 11) is -2.98. The summed E-state index contributed by atoms with van der Waals surface area (Å²) >= 11 is 0. The molecule has 5 amide bonds. The zero-order chi connectivity index (χ0) is 93.2. The minimum Gasteiger partial charge on any atom is -0.453 e. The number of ether oxygens (including phenoxy) is 17. The highest BCUT2D eigenvalue weighted by Crippen LogP contribution is 2.43. The molecule has 4 heterocycles. The molecule has 20 unspecified atom stereocenters. The Bertz CT molecular complexity index is 5250. The Hall–Kier alpha value is -12.8. The molecule has 1 saturated carbocycles. The van der Waals surface area contributed by atoms with Crippen LogP contribution in [0.25, 0.3) is 0 Å². The van der Waals surface area contributed by atoms with E-state index in [4.69, 9.17) is 85.0 Å². The van der Waals surface area contributed by atoms with Crippen LogP contribution in [0.4, 0.5) is 24.0 Å². The summed E-state index contributed by atoms with van der Waals surface area (Å²) in [5, 5.41) is 27.3. The first-order chi connectivity index (χ1) is 64.5. The van der Waals surface area contributed by atoms with Crippen molar-refractivity contribution in [1.29, 1.82) is 0 Å². The molecule has 34 heteroatoms. The first-order valence-electron chi connectivity index (χ1n) is 43.7. The van der Waals surface area contributed by atoms with Gasteiger partial charge < -0.3 is 121 Å². The van der Waals surface area contributed by atoms with Crippen LogP contribution in [-0.2, 0) is 123 Å².